The number of nitrogens with zero attached hydrogens (tertiary/aromatic N) is 2. The Kier molecular flexibility index (Phi) is 4.03. The number of ketones is 1. The monoisotopic (exact) mass is 298 g/mol. The topological polar surface area (TPSA) is 63.1 Å². The lowest BCUT2D eigenvalue weighted by Crippen LogP contribution is -2.07. The van der Waals surface area contributed by atoms with Crippen LogP contribution in [-0.2, 0) is 0 Å². The van der Waals surface area contributed by atoms with E-state index in [4.69, 9.17) is 0 Å². The van der Waals surface area contributed by atoms with Crippen molar-refractivity contribution in [3.63, 3.8) is 0 Å². The number of aliphatic hydroxyl groups is 1. The molecule has 1 aromatic carbocycles. The number of aromatic nitrogens is 2. The largest absolute Gasteiger partial charge is 0.388 e. The molecule has 4 nitrogen and oxygen atoms in total. The average molecular weight is 298 g/mol. The second-order valence-electron chi connectivity index (χ2n) is 4.77. The number of rotatable bonds is 5. The van der Waals surface area contributed by atoms with E-state index in [-0.39, 0.29) is 18.0 Å². The van der Waals surface area contributed by atoms with Crippen LogP contribution < -0.4 is 0 Å². The summed E-state index contributed by atoms with van der Waals surface area (Å²) < 4.78 is 1.19. The third-order valence-electron chi connectivity index (χ3n) is 3.32. The zero-order chi connectivity index (χ0) is 14.7. The normalized spacial score (nSPS) is 12.4. The molecular formula is C16H14N2O2S. The van der Waals surface area contributed by atoms with Gasteiger partial charge in [-0.2, -0.15) is 0 Å². The van der Waals surface area contributed by atoms with E-state index in [0.717, 1.165) is 10.9 Å². The summed E-state index contributed by atoms with van der Waals surface area (Å²) in [5.74, 6) is 0.0595. The van der Waals surface area contributed by atoms with Crippen molar-refractivity contribution in [2.24, 2.45) is 0 Å². The molecule has 0 saturated carbocycles. The van der Waals surface area contributed by atoms with Gasteiger partial charge in [0, 0.05) is 23.5 Å². The summed E-state index contributed by atoms with van der Waals surface area (Å²) in [6, 6.07) is 9.58. The second kappa shape index (κ2) is 6.11. The molecule has 3 aromatic rings. The van der Waals surface area contributed by atoms with Crippen molar-refractivity contribution >= 4 is 27.2 Å². The van der Waals surface area contributed by atoms with Gasteiger partial charge in [0.05, 0.1) is 6.10 Å². The predicted molar refractivity (Wildman–Crippen MR) is 82.4 cm³/mol. The molecule has 0 aliphatic rings. The first-order valence-corrected chi connectivity index (χ1v) is 7.57. The van der Waals surface area contributed by atoms with Crippen LogP contribution in [0.5, 0.6) is 0 Å². The molecule has 2 heterocycles. The fourth-order valence-corrected chi connectivity index (χ4v) is 2.95. The summed E-state index contributed by atoms with van der Waals surface area (Å²) in [5, 5.41) is 13.4. The van der Waals surface area contributed by atoms with Crippen LogP contribution in [0.4, 0.5) is 0 Å². The number of hydrogen-bond donors (Lipinski definition) is 1. The fourth-order valence-electron chi connectivity index (χ4n) is 2.18. The molecule has 0 radical (unpaired) electrons. The number of carbonyl (C=O) groups is 1. The van der Waals surface area contributed by atoms with Crippen LogP contribution in [0.3, 0.4) is 0 Å². The zero-order valence-electron chi connectivity index (χ0n) is 11.3. The van der Waals surface area contributed by atoms with Gasteiger partial charge in [-0.25, -0.2) is 9.97 Å². The number of thiophene rings is 1. The Morgan fingerprint density at radius 2 is 2.05 bits per heavy atom. The molecule has 0 spiro atoms. The summed E-state index contributed by atoms with van der Waals surface area (Å²) in [6.45, 7) is 0. The Hall–Kier alpha value is -2.11. The summed E-state index contributed by atoms with van der Waals surface area (Å²) in [6.07, 6.45) is 3.03. The standard InChI is InChI=1S/C16H14N2O2S/c19-13(3-4-14(20)16-17-7-1-8-18-16)11-2-5-15-12(10-11)6-9-21-15/h1-2,5-10,13,19H,3-4H2. The van der Waals surface area contributed by atoms with Gasteiger partial charge in [0.2, 0.25) is 0 Å². The average Bonchev–Trinajstić information content (AvgIpc) is 3.00. The fraction of sp³-hybridized carbons (Fsp3) is 0.188. The van der Waals surface area contributed by atoms with Crippen molar-refractivity contribution in [1.82, 2.24) is 9.97 Å². The smallest absolute Gasteiger partial charge is 0.200 e. The van der Waals surface area contributed by atoms with Crippen molar-refractivity contribution in [1.29, 1.82) is 0 Å². The molecule has 2 aromatic heterocycles. The molecule has 21 heavy (non-hydrogen) atoms. The van der Waals surface area contributed by atoms with E-state index in [9.17, 15) is 9.90 Å². The van der Waals surface area contributed by atoms with Gasteiger partial charge >= 0.3 is 0 Å². The Morgan fingerprint density at radius 3 is 2.86 bits per heavy atom. The van der Waals surface area contributed by atoms with Gasteiger partial charge in [-0.3, -0.25) is 4.79 Å². The molecule has 1 unspecified atom stereocenters. The van der Waals surface area contributed by atoms with Crippen LogP contribution in [0.2, 0.25) is 0 Å². The van der Waals surface area contributed by atoms with Gasteiger partial charge in [0.25, 0.3) is 0 Å². The van der Waals surface area contributed by atoms with Gasteiger partial charge < -0.3 is 5.11 Å². The van der Waals surface area contributed by atoms with Crippen molar-refractivity contribution in [2.45, 2.75) is 18.9 Å². The third kappa shape index (κ3) is 3.15. The minimum atomic E-state index is -0.651. The maximum Gasteiger partial charge on any atom is 0.200 e. The quantitative estimate of drug-likeness (QED) is 0.733. The van der Waals surface area contributed by atoms with Gasteiger partial charge in [0.15, 0.2) is 11.6 Å². The molecule has 0 bridgehead atoms. The Morgan fingerprint density at radius 1 is 1.24 bits per heavy atom. The highest BCUT2D eigenvalue weighted by Gasteiger charge is 2.14. The molecule has 0 fully saturated rings. The number of benzene rings is 1. The third-order valence-corrected chi connectivity index (χ3v) is 4.22. The van der Waals surface area contributed by atoms with Gasteiger partial charge in [-0.15, -0.1) is 11.3 Å². The van der Waals surface area contributed by atoms with E-state index >= 15 is 0 Å². The first-order valence-electron chi connectivity index (χ1n) is 6.69. The number of fused-ring (bicyclic) bond motifs is 1. The molecule has 5 heteroatoms. The lowest BCUT2D eigenvalue weighted by atomic mass is 10.0. The van der Waals surface area contributed by atoms with E-state index in [2.05, 4.69) is 9.97 Å². The zero-order valence-corrected chi connectivity index (χ0v) is 12.1. The van der Waals surface area contributed by atoms with Crippen LogP contribution in [-0.4, -0.2) is 20.9 Å². The van der Waals surface area contributed by atoms with Crippen LogP contribution in [0.15, 0.2) is 48.1 Å². The van der Waals surface area contributed by atoms with Crippen molar-refractivity contribution in [3.05, 3.63) is 59.5 Å². The summed E-state index contributed by atoms with van der Waals surface area (Å²) in [5.41, 5.74) is 0.836. The molecule has 1 atom stereocenters. The molecule has 3 rings (SSSR count). The van der Waals surface area contributed by atoms with Gasteiger partial charge in [0.1, 0.15) is 0 Å². The van der Waals surface area contributed by atoms with E-state index in [1.165, 1.54) is 4.70 Å². The van der Waals surface area contributed by atoms with E-state index < -0.39 is 6.10 Å². The molecule has 0 saturated heterocycles. The SMILES string of the molecule is O=C(CCC(O)c1ccc2sccc2c1)c1ncccn1. The number of hydrogen-bond acceptors (Lipinski definition) is 5. The molecule has 0 amide bonds. The molecule has 106 valence electrons. The summed E-state index contributed by atoms with van der Waals surface area (Å²) in [4.78, 5) is 19.8. The van der Waals surface area contributed by atoms with Crippen LogP contribution in [0, 0.1) is 0 Å². The molecule has 0 aliphatic heterocycles. The Bertz CT molecular complexity index is 755. The van der Waals surface area contributed by atoms with Gasteiger partial charge in [-0.05, 0) is 47.0 Å². The highest BCUT2D eigenvalue weighted by Crippen LogP contribution is 2.26. The van der Waals surface area contributed by atoms with Crippen LogP contribution >= 0.6 is 11.3 Å². The highest BCUT2D eigenvalue weighted by molar-refractivity contribution is 7.17. The lowest BCUT2D eigenvalue weighted by Gasteiger charge is -2.10. The van der Waals surface area contributed by atoms with Crippen molar-refractivity contribution < 1.29 is 9.90 Å². The minimum Gasteiger partial charge on any atom is -0.388 e. The van der Waals surface area contributed by atoms with Gasteiger partial charge in [-0.1, -0.05) is 6.07 Å². The summed E-state index contributed by atoms with van der Waals surface area (Å²) in [7, 11) is 0. The highest BCUT2D eigenvalue weighted by atomic mass is 32.1. The van der Waals surface area contributed by atoms with Crippen LogP contribution in [0.1, 0.15) is 35.1 Å². The molecule has 1 N–H and O–H groups in total. The predicted octanol–water partition coefficient (Wildman–Crippen LogP) is 3.39. The number of aliphatic hydroxyl groups excluding tert-OH is 1. The lowest BCUT2D eigenvalue weighted by molar-refractivity contribution is 0.0930. The van der Waals surface area contributed by atoms with E-state index in [0.29, 0.717) is 6.42 Å². The second-order valence-corrected chi connectivity index (χ2v) is 5.72. The maximum atomic E-state index is 11.9. The first kappa shape index (κ1) is 13.9. The Balaban J connectivity index is 1.66. The molecular weight excluding hydrogens is 284 g/mol. The minimum absolute atomic E-state index is 0.147. The molecule has 0 aliphatic carbocycles. The van der Waals surface area contributed by atoms with Crippen LogP contribution in [0.25, 0.3) is 10.1 Å². The van der Waals surface area contributed by atoms with E-state index in [1.54, 1.807) is 29.8 Å². The maximum absolute atomic E-state index is 11.9. The van der Waals surface area contributed by atoms with E-state index in [1.807, 2.05) is 29.6 Å². The first-order chi connectivity index (χ1) is 10.2. The Labute approximate surface area is 126 Å². The number of carbonyl (C=O) groups excluding carboxylic acids is 1. The number of Topliss-reactive ketones (excluding diaryl/α,β-unsaturated/α-hetero) is 1. The summed E-state index contributed by atoms with van der Waals surface area (Å²) >= 11 is 1.67. The van der Waals surface area contributed by atoms with Crippen molar-refractivity contribution in [3.8, 4) is 0 Å². The van der Waals surface area contributed by atoms with Crippen molar-refractivity contribution in [2.75, 3.05) is 0 Å².